The van der Waals surface area contributed by atoms with Crippen LogP contribution in [-0.2, 0) is 19.1 Å². The SMILES string of the molecule is CC(=O)N1CC(O)C1.CC(=O)N1CC(OC2CCCCO2)C1.CC1CNC1.Cl. The van der Waals surface area contributed by atoms with Gasteiger partial charge in [0.2, 0.25) is 11.8 Å². The lowest BCUT2D eigenvalue weighted by Gasteiger charge is -2.40. The number of aliphatic hydroxyl groups excluding tert-OH is 1. The fourth-order valence-corrected chi connectivity index (χ4v) is 2.96. The molecule has 0 aromatic carbocycles. The Hall–Kier alpha value is -0.930. The third-order valence-electron chi connectivity index (χ3n) is 5.07. The first-order valence-electron chi connectivity index (χ1n) is 10.0. The van der Waals surface area contributed by atoms with Gasteiger partial charge in [-0.25, -0.2) is 0 Å². The minimum Gasteiger partial charge on any atom is -0.389 e. The van der Waals surface area contributed by atoms with Gasteiger partial charge in [-0.2, -0.15) is 0 Å². The van der Waals surface area contributed by atoms with Gasteiger partial charge in [-0.3, -0.25) is 9.59 Å². The van der Waals surface area contributed by atoms with Crippen molar-refractivity contribution in [2.24, 2.45) is 5.92 Å². The van der Waals surface area contributed by atoms with E-state index in [0.717, 1.165) is 38.5 Å². The van der Waals surface area contributed by atoms with E-state index >= 15 is 0 Å². The average molecular weight is 422 g/mol. The van der Waals surface area contributed by atoms with Crippen molar-refractivity contribution < 1.29 is 24.2 Å². The fraction of sp³-hybridized carbons (Fsp3) is 0.895. The van der Waals surface area contributed by atoms with Crippen LogP contribution in [-0.4, -0.2) is 91.1 Å². The van der Waals surface area contributed by atoms with Gasteiger partial charge in [0, 0.05) is 46.6 Å². The maximum absolute atomic E-state index is 10.9. The van der Waals surface area contributed by atoms with Crippen LogP contribution in [0.5, 0.6) is 0 Å². The first kappa shape index (κ1) is 25.1. The largest absolute Gasteiger partial charge is 0.389 e. The van der Waals surface area contributed by atoms with Gasteiger partial charge in [-0.1, -0.05) is 6.92 Å². The molecule has 4 aliphatic heterocycles. The third kappa shape index (κ3) is 8.61. The molecule has 4 saturated heterocycles. The third-order valence-corrected chi connectivity index (χ3v) is 5.07. The molecule has 8 nitrogen and oxygen atoms in total. The number of rotatable bonds is 2. The quantitative estimate of drug-likeness (QED) is 0.679. The Morgan fingerprint density at radius 1 is 1.04 bits per heavy atom. The molecular formula is C19H36ClN3O5. The van der Waals surface area contributed by atoms with Crippen LogP contribution in [0.2, 0.25) is 0 Å². The average Bonchev–Trinajstić information content (AvgIpc) is 2.54. The zero-order valence-electron chi connectivity index (χ0n) is 17.3. The summed E-state index contributed by atoms with van der Waals surface area (Å²) in [5.41, 5.74) is 0. The second-order valence-electron chi connectivity index (χ2n) is 7.82. The number of hydrogen-bond acceptors (Lipinski definition) is 6. The van der Waals surface area contributed by atoms with Gasteiger partial charge in [-0.15, -0.1) is 12.4 Å². The number of amides is 2. The summed E-state index contributed by atoms with van der Waals surface area (Å²) in [5, 5.41) is 11.8. The van der Waals surface area contributed by atoms with Gasteiger partial charge in [0.05, 0.1) is 12.2 Å². The van der Waals surface area contributed by atoms with Crippen molar-refractivity contribution in [1.29, 1.82) is 0 Å². The summed E-state index contributed by atoms with van der Waals surface area (Å²) in [4.78, 5) is 24.7. The van der Waals surface area contributed by atoms with Crippen LogP contribution in [0.25, 0.3) is 0 Å². The molecule has 0 radical (unpaired) electrons. The second-order valence-corrected chi connectivity index (χ2v) is 7.82. The lowest BCUT2D eigenvalue weighted by atomic mass is 10.1. The van der Waals surface area contributed by atoms with Crippen molar-refractivity contribution in [3.63, 3.8) is 0 Å². The Bertz CT molecular complexity index is 474. The van der Waals surface area contributed by atoms with E-state index in [2.05, 4.69) is 12.2 Å². The number of halogens is 1. The van der Waals surface area contributed by atoms with Crippen LogP contribution >= 0.6 is 12.4 Å². The van der Waals surface area contributed by atoms with Gasteiger partial charge < -0.3 is 29.7 Å². The summed E-state index contributed by atoms with van der Waals surface area (Å²) < 4.78 is 11.1. The summed E-state index contributed by atoms with van der Waals surface area (Å²) in [6.07, 6.45) is 3.23. The number of nitrogens with one attached hydrogen (secondary N) is 1. The lowest BCUT2D eigenvalue weighted by molar-refractivity contribution is -0.213. The van der Waals surface area contributed by atoms with E-state index in [-0.39, 0.29) is 42.7 Å². The molecule has 2 N–H and O–H groups in total. The number of β-amino-alcohol motifs (C(OH)–C–C–N with tert-alkyl or cyclic N) is 1. The Morgan fingerprint density at radius 3 is 1.89 bits per heavy atom. The smallest absolute Gasteiger partial charge is 0.219 e. The molecule has 28 heavy (non-hydrogen) atoms. The van der Waals surface area contributed by atoms with E-state index in [9.17, 15) is 9.59 Å². The normalized spacial score (nSPS) is 24.8. The number of hydrogen-bond donors (Lipinski definition) is 2. The predicted octanol–water partition coefficient (Wildman–Crippen LogP) is 0.617. The predicted molar refractivity (Wildman–Crippen MR) is 108 cm³/mol. The van der Waals surface area contributed by atoms with Crippen LogP contribution < -0.4 is 5.32 Å². The molecule has 1 atom stereocenters. The van der Waals surface area contributed by atoms with E-state index in [1.807, 2.05) is 0 Å². The molecule has 4 rings (SSSR count). The highest BCUT2D eigenvalue weighted by Gasteiger charge is 2.32. The summed E-state index contributed by atoms with van der Waals surface area (Å²) in [6, 6.07) is 0. The minimum atomic E-state index is -0.265. The van der Waals surface area contributed by atoms with E-state index in [1.165, 1.54) is 26.4 Å². The Balaban J connectivity index is 0.000000236. The summed E-state index contributed by atoms with van der Waals surface area (Å²) in [7, 11) is 0. The number of carbonyl (C=O) groups is 2. The molecule has 4 heterocycles. The van der Waals surface area contributed by atoms with Crippen LogP contribution in [0.1, 0.15) is 40.0 Å². The maximum Gasteiger partial charge on any atom is 0.219 e. The Labute approximate surface area is 174 Å². The van der Waals surface area contributed by atoms with E-state index < -0.39 is 0 Å². The molecule has 0 spiro atoms. The highest BCUT2D eigenvalue weighted by molar-refractivity contribution is 5.85. The molecule has 0 saturated carbocycles. The summed E-state index contributed by atoms with van der Waals surface area (Å²) >= 11 is 0. The fourth-order valence-electron chi connectivity index (χ4n) is 2.96. The molecule has 2 amide bonds. The van der Waals surface area contributed by atoms with Gasteiger partial charge in [0.15, 0.2) is 6.29 Å². The van der Waals surface area contributed by atoms with Crippen molar-refractivity contribution in [2.75, 3.05) is 45.9 Å². The minimum absolute atomic E-state index is 0. The first-order chi connectivity index (χ1) is 12.8. The summed E-state index contributed by atoms with van der Waals surface area (Å²) in [6.45, 7) is 11.1. The van der Waals surface area contributed by atoms with E-state index in [1.54, 1.807) is 16.7 Å². The van der Waals surface area contributed by atoms with Crippen molar-refractivity contribution in [2.45, 2.75) is 58.5 Å². The van der Waals surface area contributed by atoms with Crippen molar-refractivity contribution in [3.05, 3.63) is 0 Å². The number of likely N-dealkylation sites (tertiary alicyclic amines) is 2. The van der Waals surface area contributed by atoms with Gasteiger partial charge >= 0.3 is 0 Å². The molecular weight excluding hydrogens is 386 g/mol. The van der Waals surface area contributed by atoms with Crippen LogP contribution in [0.3, 0.4) is 0 Å². The Morgan fingerprint density at radius 2 is 1.57 bits per heavy atom. The van der Waals surface area contributed by atoms with Gasteiger partial charge in [0.1, 0.15) is 0 Å². The number of aliphatic hydroxyl groups is 1. The highest BCUT2D eigenvalue weighted by atomic mass is 35.5. The molecule has 9 heteroatoms. The summed E-state index contributed by atoms with van der Waals surface area (Å²) in [5.74, 6) is 1.14. The lowest BCUT2D eigenvalue weighted by Crippen LogP contribution is -2.55. The molecule has 164 valence electrons. The Kier molecular flexibility index (Phi) is 11.3. The molecule has 0 aliphatic carbocycles. The van der Waals surface area contributed by atoms with Crippen molar-refractivity contribution in [1.82, 2.24) is 15.1 Å². The van der Waals surface area contributed by atoms with Crippen molar-refractivity contribution >= 4 is 24.2 Å². The molecule has 0 bridgehead atoms. The van der Waals surface area contributed by atoms with Gasteiger partial charge in [-0.05, 0) is 38.3 Å². The zero-order chi connectivity index (χ0) is 19.8. The van der Waals surface area contributed by atoms with E-state index in [0.29, 0.717) is 13.1 Å². The monoisotopic (exact) mass is 421 g/mol. The zero-order valence-corrected chi connectivity index (χ0v) is 18.1. The van der Waals surface area contributed by atoms with Crippen LogP contribution in [0, 0.1) is 5.92 Å². The van der Waals surface area contributed by atoms with Crippen LogP contribution in [0.4, 0.5) is 0 Å². The number of nitrogens with zero attached hydrogens (tertiary/aromatic N) is 2. The standard InChI is InChI=1S/C10H17NO3.C5H9NO2.C4H9N.ClH/c1-8(12)11-6-9(7-11)14-10-4-2-3-5-13-10;1-4(7)6-2-5(8)3-6;1-4-2-5-3-4;/h9-10H,2-7H2,1H3;5,8H,2-3H2,1H3;4-5H,2-3H2,1H3;1H. The molecule has 4 fully saturated rings. The number of ether oxygens (including phenoxy) is 2. The first-order valence-corrected chi connectivity index (χ1v) is 10.0. The molecule has 4 aliphatic rings. The number of carbonyl (C=O) groups excluding carboxylic acids is 2. The molecule has 0 aromatic rings. The molecule has 1 unspecified atom stereocenters. The topological polar surface area (TPSA) is 91.3 Å². The van der Waals surface area contributed by atoms with Crippen molar-refractivity contribution in [3.8, 4) is 0 Å². The van der Waals surface area contributed by atoms with Crippen LogP contribution in [0.15, 0.2) is 0 Å². The highest BCUT2D eigenvalue weighted by Crippen LogP contribution is 2.19. The second kappa shape index (κ2) is 12.6. The molecule has 0 aromatic heterocycles. The van der Waals surface area contributed by atoms with E-state index in [4.69, 9.17) is 14.6 Å². The van der Waals surface area contributed by atoms with Gasteiger partial charge in [0.25, 0.3) is 0 Å². The maximum atomic E-state index is 10.9.